The maximum Gasteiger partial charge on any atom is 0.358 e. The Morgan fingerprint density at radius 2 is 2.05 bits per heavy atom. The number of aromatic carboxylic acids is 1. The van der Waals surface area contributed by atoms with Crippen LogP contribution in [0.1, 0.15) is 61.5 Å². The van der Waals surface area contributed by atoms with Gasteiger partial charge in [-0.15, -0.1) is 5.10 Å². The third-order valence-electron chi connectivity index (χ3n) is 2.91. The third kappa shape index (κ3) is 3.45. The molecule has 0 atom stereocenters. The van der Waals surface area contributed by atoms with Crippen LogP contribution in [0.25, 0.3) is 0 Å². The summed E-state index contributed by atoms with van der Waals surface area (Å²) < 4.78 is 6.68. The first-order valence-electron chi connectivity index (χ1n) is 6.86. The lowest BCUT2D eigenvalue weighted by molar-refractivity contribution is 0.0688. The van der Waals surface area contributed by atoms with Crippen molar-refractivity contribution in [1.29, 1.82) is 0 Å². The molecule has 2 aromatic rings. The number of nitrogens with zero attached hydrogens (tertiary/aromatic N) is 5. The standard InChI is InChI=1S/C13H19N5O3/c1-7(2)5-9-14-10(21-16-9)6-18-12(8(3)4)11(13(19)20)15-17-18/h7-8H,5-6H2,1-4H3,(H,19,20). The molecule has 0 saturated carbocycles. The molecule has 8 nitrogen and oxygen atoms in total. The van der Waals surface area contributed by atoms with Gasteiger partial charge in [0.25, 0.3) is 0 Å². The minimum Gasteiger partial charge on any atom is -0.476 e. The summed E-state index contributed by atoms with van der Waals surface area (Å²) in [4.78, 5) is 15.4. The SMILES string of the molecule is CC(C)Cc1noc(Cn2nnc(C(=O)O)c2C(C)C)n1. The lowest BCUT2D eigenvalue weighted by atomic mass is 10.1. The zero-order valence-corrected chi connectivity index (χ0v) is 12.6. The molecule has 0 bridgehead atoms. The van der Waals surface area contributed by atoms with Crippen molar-refractivity contribution in [3.05, 3.63) is 23.1 Å². The highest BCUT2D eigenvalue weighted by Crippen LogP contribution is 2.18. The molecule has 0 unspecified atom stereocenters. The van der Waals surface area contributed by atoms with Gasteiger partial charge >= 0.3 is 5.97 Å². The van der Waals surface area contributed by atoms with E-state index in [0.717, 1.165) is 6.42 Å². The van der Waals surface area contributed by atoms with Gasteiger partial charge in [-0.3, -0.25) is 0 Å². The Morgan fingerprint density at radius 3 is 2.62 bits per heavy atom. The summed E-state index contributed by atoms with van der Waals surface area (Å²) in [6.45, 7) is 8.14. The fourth-order valence-corrected chi connectivity index (χ4v) is 2.09. The highest BCUT2D eigenvalue weighted by atomic mass is 16.5. The summed E-state index contributed by atoms with van der Waals surface area (Å²) in [6, 6.07) is 0. The maximum absolute atomic E-state index is 11.2. The average Bonchev–Trinajstić information content (AvgIpc) is 2.96. The third-order valence-corrected chi connectivity index (χ3v) is 2.91. The van der Waals surface area contributed by atoms with Crippen molar-refractivity contribution in [2.24, 2.45) is 5.92 Å². The Kier molecular flexibility index (Phi) is 4.35. The highest BCUT2D eigenvalue weighted by Gasteiger charge is 2.22. The first kappa shape index (κ1) is 15.1. The fraction of sp³-hybridized carbons (Fsp3) is 0.615. The minimum absolute atomic E-state index is 0.0239. The van der Waals surface area contributed by atoms with E-state index >= 15 is 0 Å². The summed E-state index contributed by atoms with van der Waals surface area (Å²) in [6.07, 6.45) is 0.734. The van der Waals surface area contributed by atoms with E-state index in [4.69, 9.17) is 9.63 Å². The Bertz CT molecular complexity index is 630. The molecule has 2 rings (SSSR count). The molecule has 0 spiro atoms. The molecule has 0 aromatic carbocycles. The van der Waals surface area contributed by atoms with Gasteiger partial charge in [0.05, 0.1) is 5.69 Å². The van der Waals surface area contributed by atoms with Crippen molar-refractivity contribution in [3.63, 3.8) is 0 Å². The predicted octanol–water partition coefficient (Wildman–Crippen LogP) is 1.73. The van der Waals surface area contributed by atoms with Crippen LogP contribution in [0.15, 0.2) is 4.52 Å². The predicted molar refractivity (Wildman–Crippen MR) is 73.0 cm³/mol. The maximum atomic E-state index is 11.2. The van der Waals surface area contributed by atoms with Gasteiger partial charge in [-0.25, -0.2) is 9.48 Å². The van der Waals surface area contributed by atoms with Crippen LogP contribution < -0.4 is 0 Å². The van der Waals surface area contributed by atoms with Crippen LogP contribution >= 0.6 is 0 Å². The Morgan fingerprint density at radius 1 is 1.33 bits per heavy atom. The summed E-state index contributed by atoms with van der Waals surface area (Å²) in [5, 5.41) is 20.6. The van der Waals surface area contributed by atoms with Gasteiger partial charge < -0.3 is 9.63 Å². The Hall–Kier alpha value is -2.25. The van der Waals surface area contributed by atoms with Crippen LogP contribution in [0.5, 0.6) is 0 Å². The summed E-state index contributed by atoms with van der Waals surface area (Å²) in [5.41, 5.74) is 0.512. The van der Waals surface area contributed by atoms with Crippen LogP contribution in [-0.4, -0.2) is 36.2 Å². The number of hydrogen-bond donors (Lipinski definition) is 1. The van der Waals surface area contributed by atoms with E-state index < -0.39 is 5.97 Å². The van der Waals surface area contributed by atoms with Crippen molar-refractivity contribution >= 4 is 5.97 Å². The monoisotopic (exact) mass is 293 g/mol. The molecule has 2 heterocycles. The van der Waals surface area contributed by atoms with E-state index in [1.54, 1.807) is 0 Å². The van der Waals surface area contributed by atoms with Gasteiger partial charge in [-0.05, 0) is 11.8 Å². The number of carboxylic acid groups (broad SMARTS) is 1. The second-order valence-corrected chi connectivity index (χ2v) is 5.64. The van der Waals surface area contributed by atoms with Crippen LogP contribution in [0.3, 0.4) is 0 Å². The fourth-order valence-electron chi connectivity index (χ4n) is 2.09. The van der Waals surface area contributed by atoms with E-state index in [-0.39, 0.29) is 18.2 Å². The number of aromatic nitrogens is 5. The van der Waals surface area contributed by atoms with Crippen LogP contribution in [0, 0.1) is 5.92 Å². The Balaban J connectivity index is 2.23. The van der Waals surface area contributed by atoms with Gasteiger partial charge in [0.15, 0.2) is 11.5 Å². The Labute approximate surface area is 122 Å². The molecule has 0 fully saturated rings. The number of hydrogen-bond acceptors (Lipinski definition) is 6. The van der Waals surface area contributed by atoms with E-state index in [0.29, 0.717) is 23.3 Å². The molecule has 0 saturated heterocycles. The first-order chi connectivity index (χ1) is 9.88. The van der Waals surface area contributed by atoms with Crippen molar-refractivity contribution in [3.8, 4) is 0 Å². The molecule has 1 N–H and O–H groups in total. The summed E-state index contributed by atoms with van der Waals surface area (Å²) in [5.74, 6) is 0.367. The van der Waals surface area contributed by atoms with Gasteiger partial charge in [0, 0.05) is 6.42 Å². The molecule has 0 amide bonds. The number of carbonyl (C=O) groups is 1. The van der Waals surface area contributed by atoms with Crippen molar-refractivity contribution in [1.82, 2.24) is 25.1 Å². The molecule has 0 aliphatic heterocycles. The largest absolute Gasteiger partial charge is 0.476 e. The first-order valence-corrected chi connectivity index (χ1v) is 6.86. The van der Waals surface area contributed by atoms with Gasteiger partial charge in [-0.2, -0.15) is 4.98 Å². The zero-order chi connectivity index (χ0) is 15.6. The van der Waals surface area contributed by atoms with E-state index in [9.17, 15) is 4.79 Å². The molecule has 8 heteroatoms. The average molecular weight is 293 g/mol. The smallest absolute Gasteiger partial charge is 0.358 e. The second-order valence-electron chi connectivity index (χ2n) is 5.64. The molecule has 2 aromatic heterocycles. The minimum atomic E-state index is -1.09. The van der Waals surface area contributed by atoms with Gasteiger partial charge in [0.1, 0.15) is 6.54 Å². The van der Waals surface area contributed by atoms with Crippen molar-refractivity contribution in [2.75, 3.05) is 0 Å². The van der Waals surface area contributed by atoms with E-state index in [2.05, 4.69) is 34.3 Å². The van der Waals surface area contributed by atoms with Crippen LogP contribution in [-0.2, 0) is 13.0 Å². The second kappa shape index (κ2) is 6.02. The number of carboxylic acids is 1. The van der Waals surface area contributed by atoms with Crippen molar-refractivity contribution < 1.29 is 14.4 Å². The zero-order valence-electron chi connectivity index (χ0n) is 12.6. The lowest BCUT2D eigenvalue weighted by Gasteiger charge is -2.07. The number of rotatable bonds is 6. The summed E-state index contributed by atoms with van der Waals surface area (Å²) in [7, 11) is 0. The van der Waals surface area contributed by atoms with Gasteiger partial charge in [-0.1, -0.05) is 38.1 Å². The quantitative estimate of drug-likeness (QED) is 0.864. The molecular formula is C13H19N5O3. The normalized spacial score (nSPS) is 11.5. The molecular weight excluding hydrogens is 274 g/mol. The van der Waals surface area contributed by atoms with Crippen LogP contribution in [0.4, 0.5) is 0 Å². The summed E-state index contributed by atoms with van der Waals surface area (Å²) >= 11 is 0. The van der Waals surface area contributed by atoms with E-state index in [1.165, 1.54) is 4.68 Å². The highest BCUT2D eigenvalue weighted by molar-refractivity contribution is 5.86. The van der Waals surface area contributed by atoms with Crippen LogP contribution in [0.2, 0.25) is 0 Å². The lowest BCUT2D eigenvalue weighted by Crippen LogP contribution is -2.11. The molecule has 21 heavy (non-hydrogen) atoms. The van der Waals surface area contributed by atoms with Crippen molar-refractivity contribution in [2.45, 2.75) is 46.6 Å². The topological polar surface area (TPSA) is 107 Å². The van der Waals surface area contributed by atoms with E-state index in [1.807, 2.05) is 13.8 Å². The molecule has 0 aliphatic carbocycles. The molecule has 0 aliphatic rings. The molecule has 0 radical (unpaired) electrons. The van der Waals surface area contributed by atoms with Gasteiger partial charge in [0.2, 0.25) is 5.89 Å². The molecule has 114 valence electrons.